The van der Waals surface area contributed by atoms with Crippen molar-refractivity contribution in [3.8, 4) is 11.5 Å². The molecule has 21 heavy (non-hydrogen) atoms. The molecule has 0 saturated heterocycles. The first-order valence-corrected chi connectivity index (χ1v) is 6.98. The minimum atomic E-state index is -0.191. The lowest BCUT2D eigenvalue weighted by Crippen LogP contribution is -2.29. The topological polar surface area (TPSA) is 59.6 Å². The van der Waals surface area contributed by atoms with Crippen molar-refractivity contribution in [2.75, 3.05) is 20.3 Å². The molecule has 0 aliphatic carbocycles. The van der Waals surface area contributed by atoms with E-state index in [-0.39, 0.29) is 12.5 Å². The average molecular weight is 292 g/mol. The van der Waals surface area contributed by atoms with Crippen LogP contribution in [0.1, 0.15) is 19.4 Å². The van der Waals surface area contributed by atoms with Crippen molar-refractivity contribution in [3.05, 3.63) is 36.4 Å². The Morgan fingerprint density at radius 1 is 1.43 bits per heavy atom. The number of ether oxygens (including phenoxy) is 2. The number of methoxy groups -OCH3 is 1. The van der Waals surface area contributed by atoms with Gasteiger partial charge in [0, 0.05) is 24.7 Å². The maximum absolute atomic E-state index is 11.6. The summed E-state index contributed by atoms with van der Waals surface area (Å²) in [5, 5.41) is 6.00. The van der Waals surface area contributed by atoms with E-state index < -0.39 is 0 Å². The van der Waals surface area contributed by atoms with Gasteiger partial charge in [-0.3, -0.25) is 4.79 Å². The normalized spacial score (nSPS) is 10.3. The predicted octanol–water partition coefficient (Wildman–Crippen LogP) is 1.87. The second-order valence-corrected chi connectivity index (χ2v) is 4.87. The van der Waals surface area contributed by atoms with E-state index in [4.69, 9.17) is 9.47 Å². The van der Waals surface area contributed by atoms with Crippen LogP contribution in [0, 0.1) is 0 Å². The van der Waals surface area contributed by atoms with Crippen molar-refractivity contribution in [2.24, 2.45) is 0 Å². The minimum absolute atomic E-state index is 0.0527. The summed E-state index contributed by atoms with van der Waals surface area (Å²) >= 11 is 0. The van der Waals surface area contributed by atoms with Crippen LogP contribution in [-0.4, -0.2) is 32.2 Å². The van der Waals surface area contributed by atoms with Gasteiger partial charge in [-0.25, -0.2) is 0 Å². The van der Waals surface area contributed by atoms with E-state index in [9.17, 15) is 4.79 Å². The smallest absolute Gasteiger partial charge is 0.258 e. The SMILES string of the molecule is C=CCNC(=O)COc1c(CNC(C)C)cccc1OC. The van der Waals surface area contributed by atoms with E-state index in [2.05, 4.69) is 31.1 Å². The van der Waals surface area contributed by atoms with Crippen LogP contribution < -0.4 is 20.1 Å². The van der Waals surface area contributed by atoms with E-state index in [0.717, 1.165) is 5.56 Å². The summed E-state index contributed by atoms with van der Waals surface area (Å²) in [4.78, 5) is 11.6. The second kappa shape index (κ2) is 9.02. The molecule has 0 saturated carbocycles. The molecule has 1 aromatic rings. The molecule has 1 rings (SSSR count). The van der Waals surface area contributed by atoms with Crippen molar-refractivity contribution < 1.29 is 14.3 Å². The van der Waals surface area contributed by atoms with Crippen LogP contribution in [0.2, 0.25) is 0 Å². The molecule has 1 amide bonds. The Balaban J connectivity index is 2.76. The number of para-hydroxylation sites is 1. The van der Waals surface area contributed by atoms with Gasteiger partial charge < -0.3 is 20.1 Å². The first-order chi connectivity index (χ1) is 10.1. The number of nitrogens with one attached hydrogen (secondary N) is 2. The van der Waals surface area contributed by atoms with Crippen LogP contribution in [0.5, 0.6) is 11.5 Å². The van der Waals surface area contributed by atoms with Crippen LogP contribution in [0.15, 0.2) is 30.9 Å². The summed E-state index contributed by atoms with van der Waals surface area (Å²) in [6, 6.07) is 6.03. The molecule has 0 aliphatic rings. The fraction of sp³-hybridized carbons (Fsp3) is 0.438. The Kier molecular flexibility index (Phi) is 7.32. The number of carbonyl (C=O) groups excluding carboxylic acids is 1. The van der Waals surface area contributed by atoms with Gasteiger partial charge >= 0.3 is 0 Å². The Bertz CT molecular complexity index is 473. The Morgan fingerprint density at radius 3 is 2.81 bits per heavy atom. The second-order valence-electron chi connectivity index (χ2n) is 4.87. The summed E-state index contributed by atoms with van der Waals surface area (Å²) < 4.78 is 10.9. The molecule has 2 N–H and O–H groups in total. The minimum Gasteiger partial charge on any atom is -0.493 e. The number of benzene rings is 1. The molecule has 0 aromatic heterocycles. The third-order valence-corrected chi connectivity index (χ3v) is 2.77. The van der Waals surface area contributed by atoms with Crippen molar-refractivity contribution >= 4 is 5.91 Å². The molecule has 0 aliphatic heterocycles. The Hall–Kier alpha value is -2.01. The number of carbonyl (C=O) groups is 1. The van der Waals surface area contributed by atoms with Gasteiger partial charge in [0.05, 0.1) is 7.11 Å². The summed E-state index contributed by atoms with van der Waals surface area (Å²) in [6.07, 6.45) is 1.62. The van der Waals surface area contributed by atoms with E-state index in [1.54, 1.807) is 13.2 Å². The average Bonchev–Trinajstić information content (AvgIpc) is 2.48. The van der Waals surface area contributed by atoms with Crippen molar-refractivity contribution in [3.63, 3.8) is 0 Å². The summed E-state index contributed by atoms with van der Waals surface area (Å²) in [5.74, 6) is 1.03. The van der Waals surface area contributed by atoms with Crippen LogP contribution >= 0.6 is 0 Å². The van der Waals surface area contributed by atoms with E-state index in [0.29, 0.717) is 30.6 Å². The zero-order valence-electron chi connectivity index (χ0n) is 12.9. The first kappa shape index (κ1) is 17.0. The largest absolute Gasteiger partial charge is 0.493 e. The standard InChI is InChI=1S/C16H24N2O3/c1-5-9-17-15(19)11-21-16-13(10-18-12(2)3)7-6-8-14(16)20-4/h5-8,12,18H,1,9-11H2,2-4H3,(H,17,19). The maximum Gasteiger partial charge on any atom is 0.258 e. The summed E-state index contributed by atoms with van der Waals surface area (Å²) in [6.45, 7) is 8.72. The van der Waals surface area contributed by atoms with E-state index in [1.165, 1.54) is 0 Å². The van der Waals surface area contributed by atoms with Crippen LogP contribution in [0.3, 0.4) is 0 Å². The number of amides is 1. The fourth-order valence-corrected chi connectivity index (χ4v) is 1.71. The monoisotopic (exact) mass is 292 g/mol. The summed E-state index contributed by atoms with van der Waals surface area (Å²) in [5.41, 5.74) is 0.958. The third kappa shape index (κ3) is 5.87. The molecule has 116 valence electrons. The number of rotatable bonds is 9. The van der Waals surface area contributed by atoms with Gasteiger partial charge in [-0.1, -0.05) is 32.1 Å². The van der Waals surface area contributed by atoms with Gasteiger partial charge in [0.15, 0.2) is 18.1 Å². The molecule has 0 atom stereocenters. The highest BCUT2D eigenvalue weighted by molar-refractivity contribution is 5.77. The van der Waals surface area contributed by atoms with Gasteiger partial charge in [0.1, 0.15) is 0 Å². The van der Waals surface area contributed by atoms with Gasteiger partial charge in [0.25, 0.3) is 5.91 Å². The Morgan fingerprint density at radius 2 is 2.19 bits per heavy atom. The molecular formula is C16H24N2O3. The maximum atomic E-state index is 11.6. The van der Waals surface area contributed by atoms with Crippen molar-refractivity contribution in [2.45, 2.75) is 26.4 Å². The molecule has 0 fully saturated rings. The quantitative estimate of drug-likeness (QED) is 0.682. The van der Waals surface area contributed by atoms with Crippen LogP contribution in [0.25, 0.3) is 0 Å². The lowest BCUT2D eigenvalue weighted by Gasteiger charge is -2.16. The molecule has 1 aromatic carbocycles. The molecule has 5 nitrogen and oxygen atoms in total. The first-order valence-electron chi connectivity index (χ1n) is 6.98. The third-order valence-electron chi connectivity index (χ3n) is 2.77. The lowest BCUT2D eigenvalue weighted by atomic mass is 10.1. The van der Waals surface area contributed by atoms with Crippen molar-refractivity contribution in [1.82, 2.24) is 10.6 Å². The van der Waals surface area contributed by atoms with Gasteiger partial charge in [-0.05, 0) is 6.07 Å². The zero-order chi connectivity index (χ0) is 15.7. The molecule has 0 radical (unpaired) electrons. The van der Waals surface area contributed by atoms with Crippen LogP contribution in [-0.2, 0) is 11.3 Å². The zero-order valence-corrected chi connectivity index (χ0v) is 12.9. The molecule has 0 spiro atoms. The van der Waals surface area contributed by atoms with E-state index >= 15 is 0 Å². The summed E-state index contributed by atoms with van der Waals surface area (Å²) in [7, 11) is 1.58. The van der Waals surface area contributed by atoms with Gasteiger partial charge in [0.2, 0.25) is 0 Å². The fourth-order valence-electron chi connectivity index (χ4n) is 1.71. The highest BCUT2D eigenvalue weighted by Gasteiger charge is 2.12. The molecular weight excluding hydrogens is 268 g/mol. The predicted molar refractivity (Wildman–Crippen MR) is 83.7 cm³/mol. The van der Waals surface area contributed by atoms with Crippen LogP contribution in [0.4, 0.5) is 0 Å². The highest BCUT2D eigenvalue weighted by atomic mass is 16.5. The molecule has 0 heterocycles. The van der Waals surface area contributed by atoms with Crippen molar-refractivity contribution in [1.29, 1.82) is 0 Å². The molecule has 0 bridgehead atoms. The molecule has 0 unspecified atom stereocenters. The van der Waals surface area contributed by atoms with E-state index in [1.807, 2.05) is 18.2 Å². The Labute approximate surface area is 126 Å². The highest BCUT2D eigenvalue weighted by Crippen LogP contribution is 2.31. The van der Waals surface area contributed by atoms with Gasteiger partial charge in [-0.15, -0.1) is 6.58 Å². The number of hydrogen-bond acceptors (Lipinski definition) is 4. The number of hydrogen-bond donors (Lipinski definition) is 2. The molecule has 5 heteroatoms. The van der Waals surface area contributed by atoms with Gasteiger partial charge in [-0.2, -0.15) is 0 Å². The lowest BCUT2D eigenvalue weighted by molar-refractivity contribution is -0.122.